The number of piperazine rings is 1. The van der Waals surface area contributed by atoms with Crippen molar-refractivity contribution < 1.29 is 5.11 Å². The van der Waals surface area contributed by atoms with E-state index in [4.69, 9.17) is 0 Å². The minimum Gasteiger partial charge on any atom is -0.391 e. The van der Waals surface area contributed by atoms with E-state index >= 15 is 0 Å². The Morgan fingerprint density at radius 3 is 2.53 bits per heavy atom. The van der Waals surface area contributed by atoms with E-state index < -0.39 is 0 Å². The largest absolute Gasteiger partial charge is 0.391 e. The maximum atomic E-state index is 10.1. The second-order valence-electron chi connectivity index (χ2n) is 5.51. The van der Waals surface area contributed by atoms with Crippen LogP contribution in [0.1, 0.15) is 25.7 Å². The predicted molar refractivity (Wildman–Crippen MR) is 74.1 cm³/mol. The van der Waals surface area contributed by atoms with Crippen molar-refractivity contribution in [2.75, 3.05) is 31.1 Å². The van der Waals surface area contributed by atoms with Crippen molar-refractivity contribution in [1.82, 2.24) is 14.9 Å². The molecule has 19 heavy (non-hydrogen) atoms. The zero-order valence-corrected chi connectivity index (χ0v) is 11.3. The van der Waals surface area contributed by atoms with Crippen LogP contribution in [0.4, 0.5) is 5.82 Å². The Labute approximate surface area is 114 Å². The number of aliphatic hydroxyl groups excluding tert-OH is 1. The summed E-state index contributed by atoms with van der Waals surface area (Å²) >= 11 is 0. The monoisotopic (exact) mass is 262 g/mol. The van der Waals surface area contributed by atoms with Crippen LogP contribution in [-0.2, 0) is 0 Å². The normalized spacial score (nSPS) is 29.4. The molecule has 2 fully saturated rings. The second-order valence-corrected chi connectivity index (χ2v) is 5.51. The van der Waals surface area contributed by atoms with Gasteiger partial charge in [0.15, 0.2) is 0 Å². The Morgan fingerprint density at radius 1 is 1.05 bits per heavy atom. The number of anilines is 1. The number of aliphatic hydroxyl groups is 1. The molecule has 0 radical (unpaired) electrons. The fourth-order valence-electron chi connectivity index (χ4n) is 3.25. The highest BCUT2D eigenvalue weighted by atomic mass is 16.3. The van der Waals surface area contributed by atoms with Crippen molar-refractivity contribution in [1.29, 1.82) is 0 Å². The van der Waals surface area contributed by atoms with Gasteiger partial charge in [-0.05, 0) is 12.8 Å². The van der Waals surface area contributed by atoms with Crippen LogP contribution in [0.25, 0.3) is 0 Å². The second kappa shape index (κ2) is 5.84. The van der Waals surface area contributed by atoms with Gasteiger partial charge in [0.2, 0.25) is 0 Å². The molecule has 0 bridgehead atoms. The van der Waals surface area contributed by atoms with Crippen LogP contribution in [0.2, 0.25) is 0 Å². The lowest BCUT2D eigenvalue weighted by atomic mass is 9.91. The summed E-state index contributed by atoms with van der Waals surface area (Å²) in [5, 5.41) is 10.1. The molecule has 104 valence electrons. The van der Waals surface area contributed by atoms with Gasteiger partial charge in [-0.25, -0.2) is 4.98 Å². The average molecular weight is 262 g/mol. The molecule has 1 saturated heterocycles. The van der Waals surface area contributed by atoms with E-state index in [1.807, 2.05) is 6.20 Å². The Balaban J connectivity index is 1.57. The van der Waals surface area contributed by atoms with Gasteiger partial charge in [0.05, 0.1) is 12.3 Å². The summed E-state index contributed by atoms with van der Waals surface area (Å²) in [6.07, 6.45) is 9.69. The van der Waals surface area contributed by atoms with Crippen molar-refractivity contribution >= 4 is 5.82 Å². The average Bonchev–Trinajstić information content (AvgIpc) is 2.49. The van der Waals surface area contributed by atoms with Gasteiger partial charge in [0, 0.05) is 44.6 Å². The Morgan fingerprint density at radius 2 is 1.84 bits per heavy atom. The lowest BCUT2D eigenvalue weighted by Crippen LogP contribution is -2.54. The summed E-state index contributed by atoms with van der Waals surface area (Å²) < 4.78 is 0. The number of rotatable bonds is 2. The minimum absolute atomic E-state index is 0.128. The zero-order chi connectivity index (χ0) is 13.1. The topological polar surface area (TPSA) is 52.5 Å². The van der Waals surface area contributed by atoms with E-state index in [1.165, 1.54) is 12.8 Å². The molecule has 2 aliphatic rings. The smallest absolute Gasteiger partial charge is 0.147 e. The fraction of sp³-hybridized carbons (Fsp3) is 0.714. The predicted octanol–water partition coefficient (Wildman–Crippen LogP) is 0.902. The summed E-state index contributed by atoms with van der Waals surface area (Å²) in [5.41, 5.74) is 0. The van der Waals surface area contributed by atoms with Crippen LogP contribution in [0.3, 0.4) is 0 Å². The highest BCUT2D eigenvalue weighted by Gasteiger charge is 2.30. The first-order chi connectivity index (χ1) is 9.34. The summed E-state index contributed by atoms with van der Waals surface area (Å²) in [6.45, 7) is 3.97. The summed E-state index contributed by atoms with van der Waals surface area (Å²) in [5.74, 6) is 0.964. The number of hydrogen-bond donors (Lipinski definition) is 1. The molecule has 1 aromatic rings. The summed E-state index contributed by atoms with van der Waals surface area (Å²) in [4.78, 5) is 13.2. The molecule has 1 aliphatic carbocycles. The van der Waals surface area contributed by atoms with Crippen molar-refractivity contribution in [3.05, 3.63) is 18.6 Å². The molecule has 2 atom stereocenters. The molecule has 1 saturated carbocycles. The molecule has 0 spiro atoms. The first-order valence-corrected chi connectivity index (χ1v) is 7.27. The highest BCUT2D eigenvalue weighted by Crippen LogP contribution is 2.24. The molecule has 3 rings (SSSR count). The molecule has 1 aromatic heterocycles. The fourth-order valence-corrected chi connectivity index (χ4v) is 3.25. The number of aromatic nitrogens is 2. The Bertz CT molecular complexity index is 392. The quantitative estimate of drug-likeness (QED) is 0.858. The van der Waals surface area contributed by atoms with E-state index in [1.54, 1.807) is 12.4 Å². The van der Waals surface area contributed by atoms with Gasteiger partial charge in [-0.1, -0.05) is 12.8 Å². The minimum atomic E-state index is -0.128. The van der Waals surface area contributed by atoms with E-state index in [9.17, 15) is 5.11 Å². The van der Waals surface area contributed by atoms with Crippen molar-refractivity contribution in [3.8, 4) is 0 Å². The molecule has 1 aliphatic heterocycles. The van der Waals surface area contributed by atoms with Crippen molar-refractivity contribution in [2.45, 2.75) is 37.8 Å². The third-order valence-electron chi connectivity index (χ3n) is 4.35. The SMILES string of the molecule is OC1CCCCC1N1CCN(c2cnccn2)CC1. The molecule has 5 heteroatoms. The van der Waals surface area contributed by atoms with Crippen molar-refractivity contribution in [2.24, 2.45) is 0 Å². The lowest BCUT2D eigenvalue weighted by molar-refractivity contribution is 0.0172. The van der Waals surface area contributed by atoms with Gasteiger partial charge >= 0.3 is 0 Å². The van der Waals surface area contributed by atoms with Gasteiger partial charge in [0.25, 0.3) is 0 Å². The Kier molecular flexibility index (Phi) is 3.94. The lowest BCUT2D eigenvalue weighted by Gasteiger charge is -2.42. The maximum absolute atomic E-state index is 10.1. The molecule has 0 amide bonds. The van der Waals surface area contributed by atoms with E-state index in [-0.39, 0.29) is 6.10 Å². The first kappa shape index (κ1) is 12.8. The Hall–Kier alpha value is -1.20. The summed E-state index contributed by atoms with van der Waals surface area (Å²) in [6, 6.07) is 0.373. The molecule has 2 unspecified atom stereocenters. The van der Waals surface area contributed by atoms with Crippen LogP contribution in [0.15, 0.2) is 18.6 Å². The maximum Gasteiger partial charge on any atom is 0.147 e. The molecule has 0 aromatic carbocycles. The molecular formula is C14H22N4O. The summed E-state index contributed by atoms with van der Waals surface area (Å²) in [7, 11) is 0. The highest BCUT2D eigenvalue weighted by molar-refractivity contribution is 5.35. The zero-order valence-electron chi connectivity index (χ0n) is 11.3. The van der Waals surface area contributed by atoms with Gasteiger partial charge in [-0.3, -0.25) is 9.88 Å². The van der Waals surface area contributed by atoms with Crippen LogP contribution in [-0.4, -0.2) is 58.3 Å². The standard InChI is InChI=1S/C14H22N4O/c19-13-4-2-1-3-12(13)17-7-9-18(10-8-17)14-11-15-5-6-16-14/h5-6,11-13,19H,1-4,7-10H2. The van der Waals surface area contributed by atoms with E-state index in [2.05, 4.69) is 19.8 Å². The van der Waals surface area contributed by atoms with E-state index in [0.29, 0.717) is 6.04 Å². The van der Waals surface area contributed by atoms with E-state index in [0.717, 1.165) is 44.8 Å². The van der Waals surface area contributed by atoms with Crippen LogP contribution < -0.4 is 4.90 Å². The number of hydrogen-bond acceptors (Lipinski definition) is 5. The van der Waals surface area contributed by atoms with Gasteiger partial charge in [-0.15, -0.1) is 0 Å². The third-order valence-corrected chi connectivity index (χ3v) is 4.35. The molecule has 2 heterocycles. The van der Waals surface area contributed by atoms with Crippen LogP contribution >= 0.6 is 0 Å². The molecular weight excluding hydrogens is 240 g/mol. The number of nitrogens with zero attached hydrogens (tertiary/aromatic N) is 4. The third kappa shape index (κ3) is 2.87. The van der Waals surface area contributed by atoms with Gasteiger partial charge < -0.3 is 10.0 Å². The van der Waals surface area contributed by atoms with Crippen molar-refractivity contribution in [3.63, 3.8) is 0 Å². The van der Waals surface area contributed by atoms with Crippen LogP contribution in [0.5, 0.6) is 0 Å². The molecule has 1 N–H and O–H groups in total. The van der Waals surface area contributed by atoms with Gasteiger partial charge in [0.1, 0.15) is 5.82 Å². The van der Waals surface area contributed by atoms with Gasteiger partial charge in [-0.2, -0.15) is 0 Å². The van der Waals surface area contributed by atoms with Crippen LogP contribution in [0, 0.1) is 0 Å². The first-order valence-electron chi connectivity index (χ1n) is 7.27. The molecule has 5 nitrogen and oxygen atoms in total.